The van der Waals surface area contributed by atoms with Gasteiger partial charge in [0.2, 0.25) is 0 Å². The van der Waals surface area contributed by atoms with Crippen molar-refractivity contribution in [3.05, 3.63) is 45.9 Å². The third kappa shape index (κ3) is 4.40. The quantitative estimate of drug-likeness (QED) is 0.779. The Morgan fingerprint density at radius 1 is 1.36 bits per heavy atom. The number of amides is 1. The summed E-state index contributed by atoms with van der Waals surface area (Å²) in [5.41, 5.74) is 1.61. The van der Waals surface area contributed by atoms with Crippen LogP contribution in [-0.2, 0) is 6.61 Å². The van der Waals surface area contributed by atoms with E-state index in [0.717, 1.165) is 17.1 Å². The molecule has 1 aromatic carbocycles. The molecule has 4 nitrogen and oxygen atoms in total. The molecule has 0 radical (unpaired) electrons. The maximum Gasteiger partial charge on any atom is 0.253 e. The lowest BCUT2D eigenvalue weighted by Gasteiger charge is -2.36. The number of thiazole rings is 1. The average Bonchev–Trinajstić information content (AvgIpc) is 3.05. The highest BCUT2D eigenvalue weighted by Crippen LogP contribution is 2.28. The van der Waals surface area contributed by atoms with E-state index in [-0.39, 0.29) is 5.91 Å². The Hall–Kier alpha value is -1.88. The minimum Gasteiger partial charge on any atom is -0.487 e. The zero-order chi connectivity index (χ0) is 17.8. The minimum absolute atomic E-state index is 0.0775. The summed E-state index contributed by atoms with van der Waals surface area (Å²) < 4.78 is 5.82. The second kappa shape index (κ2) is 8.00. The molecule has 0 aliphatic heterocycles. The lowest BCUT2D eigenvalue weighted by atomic mass is 9.85. The summed E-state index contributed by atoms with van der Waals surface area (Å²) in [6, 6.07) is 7.81. The summed E-state index contributed by atoms with van der Waals surface area (Å²) in [6.07, 6.45) is 4.79. The molecule has 0 N–H and O–H groups in total. The number of ether oxygens (including phenoxy) is 1. The molecule has 1 heterocycles. The van der Waals surface area contributed by atoms with Crippen LogP contribution in [0.5, 0.6) is 5.75 Å². The Morgan fingerprint density at radius 2 is 2.16 bits per heavy atom. The smallest absolute Gasteiger partial charge is 0.253 e. The van der Waals surface area contributed by atoms with E-state index in [4.69, 9.17) is 4.74 Å². The number of benzene rings is 1. The van der Waals surface area contributed by atoms with E-state index in [9.17, 15) is 4.79 Å². The lowest BCUT2D eigenvalue weighted by Crippen LogP contribution is -2.42. The van der Waals surface area contributed by atoms with Crippen molar-refractivity contribution in [1.82, 2.24) is 9.88 Å². The molecule has 1 amide bonds. The molecule has 5 heteroatoms. The van der Waals surface area contributed by atoms with Crippen LogP contribution in [0.25, 0.3) is 0 Å². The number of nitrogens with zero attached hydrogens (tertiary/aromatic N) is 2. The van der Waals surface area contributed by atoms with Crippen LogP contribution in [0.1, 0.15) is 53.7 Å². The molecule has 134 valence electrons. The molecule has 1 aliphatic carbocycles. The van der Waals surface area contributed by atoms with Gasteiger partial charge in [0, 0.05) is 24.0 Å². The molecule has 2 aromatic rings. The first-order valence-electron chi connectivity index (χ1n) is 8.95. The van der Waals surface area contributed by atoms with Gasteiger partial charge >= 0.3 is 0 Å². The third-order valence-electron chi connectivity index (χ3n) is 5.02. The first-order chi connectivity index (χ1) is 12.0. The second-order valence-electron chi connectivity index (χ2n) is 6.92. The molecule has 1 aliphatic rings. The molecule has 1 fully saturated rings. The predicted molar refractivity (Wildman–Crippen MR) is 101 cm³/mol. The summed E-state index contributed by atoms with van der Waals surface area (Å²) in [5.74, 6) is 1.35. The molecule has 1 saturated carbocycles. The summed E-state index contributed by atoms with van der Waals surface area (Å²) in [4.78, 5) is 19.2. The molecule has 1 aromatic heterocycles. The number of rotatable bonds is 5. The first kappa shape index (κ1) is 17.9. The van der Waals surface area contributed by atoms with E-state index in [1.54, 1.807) is 11.3 Å². The highest BCUT2D eigenvalue weighted by Gasteiger charge is 2.28. The van der Waals surface area contributed by atoms with Crippen LogP contribution in [0.3, 0.4) is 0 Å². The molecule has 0 bridgehead atoms. The van der Waals surface area contributed by atoms with E-state index in [1.165, 1.54) is 19.3 Å². The zero-order valence-corrected chi connectivity index (χ0v) is 16.0. The van der Waals surface area contributed by atoms with Crippen LogP contribution >= 0.6 is 11.3 Å². The van der Waals surface area contributed by atoms with Gasteiger partial charge in [-0.1, -0.05) is 25.8 Å². The Kier molecular flexibility index (Phi) is 5.74. The van der Waals surface area contributed by atoms with E-state index in [0.29, 0.717) is 29.9 Å². The number of hydrogen-bond acceptors (Lipinski definition) is 4. The van der Waals surface area contributed by atoms with Gasteiger partial charge in [-0.3, -0.25) is 4.79 Å². The zero-order valence-electron chi connectivity index (χ0n) is 15.2. The van der Waals surface area contributed by atoms with E-state index in [2.05, 4.69) is 11.9 Å². The Balaban J connectivity index is 1.66. The van der Waals surface area contributed by atoms with Gasteiger partial charge in [-0.15, -0.1) is 11.3 Å². The van der Waals surface area contributed by atoms with Gasteiger partial charge in [0.15, 0.2) is 0 Å². The number of carbonyl (C=O) groups is 1. The van der Waals surface area contributed by atoms with Crippen molar-refractivity contribution in [3.63, 3.8) is 0 Å². The standard InChI is InChI=1S/C20H26N2O2S/c1-14-7-4-5-10-19(14)22(3)20(23)16-8-6-9-18(11-16)24-12-17-13-25-15(2)21-17/h6,8-9,11,13-14,19H,4-5,7,10,12H2,1-3H3. The number of aryl methyl sites for hydroxylation is 1. The molecule has 3 rings (SSSR count). The topological polar surface area (TPSA) is 42.4 Å². The SMILES string of the molecule is Cc1nc(COc2cccc(C(=O)N(C)C3CCCCC3C)c2)cs1. The van der Waals surface area contributed by atoms with Crippen molar-refractivity contribution in [2.24, 2.45) is 5.92 Å². The number of aromatic nitrogens is 1. The van der Waals surface area contributed by atoms with Crippen LogP contribution in [0.4, 0.5) is 0 Å². The molecule has 0 saturated heterocycles. The summed E-state index contributed by atoms with van der Waals surface area (Å²) >= 11 is 1.62. The maximum absolute atomic E-state index is 12.9. The fourth-order valence-electron chi connectivity index (χ4n) is 3.58. The first-order valence-corrected chi connectivity index (χ1v) is 9.83. The van der Waals surface area contributed by atoms with Crippen LogP contribution in [0.15, 0.2) is 29.6 Å². The van der Waals surface area contributed by atoms with Gasteiger partial charge in [0.05, 0.1) is 10.7 Å². The normalized spacial score (nSPS) is 20.3. The predicted octanol–water partition coefficient (Wildman–Crippen LogP) is 4.68. The summed E-state index contributed by atoms with van der Waals surface area (Å²) in [6.45, 7) is 4.66. The third-order valence-corrected chi connectivity index (χ3v) is 5.84. The highest BCUT2D eigenvalue weighted by molar-refractivity contribution is 7.09. The Bertz CT molecular complexity index is 728. The van der Waals surface area contributed by atoms with Crippen molar-refractivity contribution in [1.29, 1.82) is 0 Å². The highest BCUT2D eigenvalue weighted by atomic mass is 32.1. The van der Waals surface area contributed by atoms with Gasteiger partial charge < -0.3 is 9.64 Å². The van der Waals surface area contributed by atoms with Gasteiger partial charge in [-0.2, -0.15) is 0 Å². The molecule has 25 heavy (non-hydrogen) atoms. The van der Waals surface area contributed by atoms with Gasteiger partial charge in [-0.25, -0.2) is 4.98 Å². The number of hydrogen-bond donors (Lipinski definition) is 0. The largest absolute Gasteiger partial charge is 0.487 e. The Morgan fingerprint density at radius 3 is 2.88 bits per heavy atom. The van der Waals surface area contributed by atoms with Gasteiger partial charge in [-0.05, 0) is 43.9 Å². The van der Waals surface area contributed by atoms with Crippen LogP contribution in [0.2, 0.25) is 0 Å². The van der Waals surface area contributed by atoms with E-state index in [1.807, 2.05) is 48.5 Å². The molecule has 0 spiro atoms. The molecule has 2 atom stereocenters. The second-order valence-corrected chi connectivity index (χ2v) is 7.98. The minimum atomic E-state index is 0.0775. The van der Waals surface area contributed by atoms with Gasteiger partial charge in [0.25, 0.3) is 5.91 Å². The maximum atomic E-state index is 12.9. The van der Waals surface area contributed by atoms with Crippen molar-refractivity contribution in [3.8, 4) is 5.75 Å². The molecular weight excluding hydrogens is 332 g/mol. The lowest BCUT2D eigenvalue weighted by molar-refractivity contribution is 0.0628. The monoisotopic (exact) mass is 358 g/mol. The van der Waals surface area contributed by atoms with Crippen LogP contribution in [0, 0.1) is 12.8 Å². The fraction of sp³-hybridized carbons (Fsp3) is 0.500. The summed E-state index contributed by atoms with van der Waals surface area (Å²) in [5, 5.41) is 3.04. The van der Waals surface area contributed by atoms with Crippen molar-refractivity contribution in [2.45, 2.75) is 52.2 Å². The van der Waals surface area contributed by atoms with Crippen LogP contribution < -0.4 is 4.74 Å². The molecular formula is C20H26N2O2S. The van der Waals surface area contributed by atoms with E-state index < -0.39 is 0 Å². The van der Waals surface area contributed by atoms with Crippen LogP contribution in [-0.4, -0.2) is 28.9 Å². The van der Waals surface area contributed by atoms with E-state index >= 15 is 0 Å². The van der Waals surface area contributed by atoms with Crippen molar-refractivity contribution >= 4 is 17.2 Å². The average molecular weight is 359 g/mol. The molecule has 2 unspecified atom stereocenters. The van der Waals surface area contributed by atoms with Gasteiger partial charge in [0.1, 0.15) is 12.4 Å². The van der Waals surface area contributed by atoms with Crippen molar-refractivity contribution in [2.75, 3.05) is 7.05 Å². The van der Waals surface area contributed by atoms with Crippen molar-refractivity contribution < 1.29 is 9.53 Å². The number of carbonyl (C=O) groups excluding carboxylic acids is 1. The Labute approximate surface area is 153 Å². The fourth-order valence-corrected chi connectivity index (χ4v) is 4.17. The summed E-state index contributed by atoms with van der Waals surface area (Å²) in [7, 11) is 1.93.